The molecule has 0 bridgehead atoms. The minimum atomic E-state index is 0.712. The number of hydrogen-bond donors (Lipinski definition) is 2. The Labute approximate surface area is 122 Å². The third kappa shape index (κ3) is 2.07. The predicted octanol–water partition coefficient (Wildman–Crippen LogP) is 2.17. The van der Waals surface area contributed by atoms with Crippen LogP contribution in [0.2, 0.25) is 0 Å². The molecule has 0 unspecified atom stereocenters. The molecular formula is C15H18N6. The van der Waals surface area contributed by atoms with Crippen molar-refractivity contribution in [3.63, 3.8) is 0 Å². The summed E-state index contributed by atoms with van der Waals surface area (Å²) in [4.78, 5) is 4.50. The van der Waals surface area contributed by atoms with E-state index in [9.17, 15) is 0 Å². The quantitative estimate of drug-likeness (QED) is 0.772. The van der Waals surface area contributed by atoms with Gasteiger partial charge in [0.15, 0.2) is 5.65 Å². The van der Waals surface area contributed by atoms with Gasteiger partial charge >= 0.3 is 0 Å². The van der Waals surface area contributed by atoms with Gasteiger partial charge in [-0.2, -0.15) is 14.7 Å². The number of nitrogens with one attached hydrogen (secondary N) is 2. The summed E-state index contributed by atoms with van der Waals surface area (Å²) in [6.45, 7) is 4.69. The van der Waals surface area contributed by atoms with Crippen molar-refractivity contribution in [1.82, 2.24) is 24.8 Å². The maximum atomic E-state index is 4.50. The summed E-state index contributed by atoms with van der Waals surface area (Å²) in [6, 6.07) is 4.01. The average molecular weight is 282 g/mol. The highest BCUT2D eigenvalue weighted by atomic mass is 15.3. The summed E-state index contributed by atoms with van der Waals surface area (Å²) in [5, 5.41) is 15.5. The molecule has 108 valence electrons. The Hall–Kier alpha value is -2.37. The Kier molecular flexibility index (Phi) is 2.70. The molecule has 4 rings (SSSR count). The number of H-pyrrole nitrogens is 1. The molecule has 6 heteroatoms. The number of fused-ring (bicyclic) bond motifs is 2. The summed E-state index contributed by atoms with van der Waals surface area (Å²) in [5.74, 6) is 0.959. The van der Waals surface area contributed by atoms with Crippen LogP contribution in [0.3, 0.4) is 0 Å². The molecule has 0 fully saturated rings. The Bertz CT molecular complexity index is 813. The third-order valence-electron chi connectivity index (χ3n) is 4.01. The molecule has 0 saturated carbocycles. The summed E-state index contributed by atoms with van der Waals surface area (Å²) in [7, 11) is 0. The molecule has 0 amide bonds. The van der Waals surface area contributed by atoms with E-state index in [0.717, 1.165) is 41.4 Å². The highest BCUT2D eigenvalue weighted by Gasteiger charge is 2.18. The van der Waals surface area contributed by atoms with Crippen molar-refractivity contribution in [1.29, 1.82) is 0 Å². The summed E-state index contributed by atoms with van der Waals surface area (Å²) in [6.07, 6.45) is 3.49. The van der Waals surface area contributed by atoms with E-state index >= 15 is 0 Å². The van der Waals surface area contributed by atoms with Gasteiger partial charge in [0.05, 0.1) is 17.9 Å². The second-order valence-electron chi connectivity index (χ2n) is 5.67. The Morgan fingerprint density at radius 1 is 1.24 bits per heavy atom. The first-order valence-corrected chi connectivity index (χ1v) is 7.33. The van der Waals surface area contributed by atoms with Crippen molar-refractivity contribution in [2.75, 3.05) is 5.32 Å². The van der Waals surface area contributed by atoms with Gasteiger partial charge in [-0.25, -0.2) is 4.98 Å². The van der Waals surface area contributed by atoms with Crippen LogP contribution in [0.15, 0.2) is 12.1 Å². The molecule has 0 aliphatic heterocycles. The van der Waals surface area contributed by atoms with Crippen LogP contribution in [0.25, 0.3) is 5.65 Å². The standard InChI is InChI=1S/C15H18N6/c1-9-6-14(21-15(17-9)7-10(2)20-21)16-8-13-11-4-3-5-12(11)18-19-13/h6-7,16H,3-5,8H2,1-2H3,(H,18,19). The number of anilines is 1. The Balaban J connectivity index is 1.65. The smallest absolute Gasteiger partial charge is 0.157 e. The van der Waals surface area contributed by atoms with Gasteiger partial charge in [0.1, 0.15) is 5.82 Å². The van der Waals surface area contributed by atoms with E-state index in [1.54, 1.807) is 0 Å². The van der Waals surface area contributed by atoms with Crippen LogP contribution in [0.5, 0.6) is 0 Å². The third-order valence-corrected chi connectivity index (χ3v) is 4.01. The molecule has 0 atom stereocenters. The number of hydrogen-bond acceptors (Lipinski definition) is 4. The van der Waals surface area contributed by atoms with Crippen LogP contribution in [-0.4, -0.2) is 24.8 Å². The van der Waals surface area contributed by atoms with E-state index in [2.05, 4.69) is 25.6 Å². The van der Waals surface area contributed by atoms with Crippen molar-refractivity contribution in [2.24, 2.45) is 0 Å². The lowest BCUT2D eigenvalue weighted by molar-refractivity contribution is 0.835. The Morgan fingerprint density at radius 2 is 2.14 bits per heavy atom. The van der Waals surface area contributed by atoms with Crippen LogP contribution < -0.4 is 5.32 Å². The molecule has 1 aliphatic carbocycles. The fourth-order valence-electron chi connectivity index (χ4n) is 3.05. The lowest BCUT2D eigenvalue weighted by Gasteiger charge is -2.08. The molecule has 0 saturated heterocycles. The van der Waals surface area contributed by atoms with E-state index in [1.165, 1.54) is 17.7 Å². The van der Waals surface area contributed by atoms with Crippen molar-refractivity contribution in [2.45, 2.75) is 39.7 Å². The van der Waals surface area contributed by atoms with E-state index in [4.69, 9.17) is 0 Å². The van der Waals surface area contributed by atoms with Gasteiger partial charge in [-0.05, 0) is 38.7 Å². The van der Waals surface area contributed by atoms with Gasteiger partial charge in [-0.3, -0.25) is 5.10 Å². The fourth-order valence-corrected chi connectivity index (χ4v) is 3.05. The van der Waals surface area contributed by atoms with Crippen molar-refractivity contribution >= 4 is 11.5 Å². The lowest BCUT2D eigenvalue weighted by Crippen LogP contribution is -2.08. The second-order valence-corrected chi connectivity index (χ2v) is 5.67. The summed E-state index contributed by atoms with van der Waals surface area (Å²) in [5.41, 5.74) is 6.64. The van der Waals surface area contributed by atoms with E-state index in [-0.39, 0.29) is 0 Å². The van der Waals surface area contributed by atoms with Crippen molar-refractivity contribution < 1.29 is 0 Å². The molecule has 2 N–H and O–H groups in total. The zero-order valence-electron chi connectivity index (χ0n) is 12.3. The Morgan fingerprint density at radius 3 is 3.05 bits per heavy atom. The zero-order chi connectivity index (χ0) is 14.4. The summed E-state index contributed by atoms with van der Waals surface area (Å²) >= 11 is 0. The van der Waals surface area contributed by atoms with E-state index < -0.39 is 0 Å². The van der Waals surface area contributed by atoms with Crippen LogP contribution >= 0.6 is 0 Å². The molecule has 0 aromatic carbocycles. The van der Waals surface area contributed by atoms with Gasteiger partial charge in [-0.1, -0.05) is 0 Å². The maximum Gasteiger partial charge on any atom is 0.157 e. The first kappa shape index (κ1) is 12.4. The van der Waals surface area contributed by atoms with Crippen molar-refractivity contribution in [3.8, 4) is 0 Å². The topological polar surface area (TPSA) is 70.9 Å². The number of nitrogens with zero attached hydrogens (tertiary/aromatic N) is 4. The van der Waals surface area contributed by atoms with Crippen LogP contribution in [-0.2, 0) is 19.4 Å². The van der Waals surface area contributed by atoms with Crippen molar-refractivity contribution in [3.05, 3.63) is 40.5 Å². The van der Waals surface area contributed by atoms with Gasteiger partial charge in [0.2, 0.25) is 0 Å². The zero-order valence-corrected chi connectivity index (χ0v) is 12.3. The first-order chi connectivity index (χ1) is 10.2. The number of rotatable bonds is 3. The second kappa shape index (κ2) is 4.58. The van der Waals surface area contributed by atoms with E-state index in [1.807, 2.05) is 30.5 Å². The minimum Gasteiger partial charge on any atom is -0.364 e. The highest BCUT2D eigenvalue weighted by molar-refractivity contribution is 5.50. The van der Waals surface area contributed by atoms with E-state index in [0.29, 0.717) is 6.54 Å². The van der Waals surface area contributed by atoms with Gasteiger partial charge in [-0.15, -0.1) is 0 Å². The van der Waals surface area contributed by atoms with Crippen LogP contribution in [0.1, 0.15) is 34.8 Å². The maximum absolute atomic E-state index is 4.50. The van der Waals surface area contributed by atoms with Crippen LogP contribution in [0, 0.1) is 13.8 Å². The molecule has 6 nitrogen and oxygen atoms in total. The molecule has 3 aromatic rings. The minimum absolute atomic E-state index is 0.712. The predicted molar refractivity (Wildman–Crippen MR) is 80.4 cm³/mol. The molecule has 3 aromatic heterocycles. The number of aromatic amines is 1. The normalized spacial score (nSPS) is 13.8. The SMILES string of the molecule is Cc1cc(NCc2n[nH]c3c2CCC3)n2nc(C)cc2n1. The largest absolute Gasteiger partial charge is 0.364 e. The molecule has 21 heavy (non-hydrogen) atoms. The van der Waals surface area contributed by atoms with Gasteiger partial charge in [0.25, 0.3) is 0 Å². The highest BCUT2D eigenvalue weighted by Crippen LogP contribution is 2.23. The lowest BCUT2D eigenvalue weighted by atomic mass is 10.2. The van der Waals surface area contributed by atoms with Gasteiger partial charge in [0, 0.05) is 23.5 Å². The van der Waals surface area contributed by atoms with Gasteiger partial charge < -0.3 is 5.32 Å². The average Bonchev–Trinajstić information content (AvgIpc) is 3.10. The molecule has 3 heterocycles. The van der Waals surface area contributed by atoms with Crippen LogP contribution in [0.4, 0.5) is 5.82 Å². The molecule has 0 radical (unpaired) electrons. The fraction of sp³-hybridized carbons (Fsp3) is 0.400. The monoisotopic (exact) mass is 282 g/mol. The number of aryl methyl sites for hydroxylation is 3. The molecule has 1 aliphatic rings. The summed E-state index contributed by atoms with van der Waals surface area (Å²) < 4.78 is 1.86. The molecular weight excluding hydrogens is 264 g/mol. The number of aromatic nitrogens is 5. The molecule has 0 spiro atoms. The first-order valence-electron chi connectivity index (χ1n) is 7.33.